The summed E-state index contributed by atoms with van der Waals surface area (Å²) in [5.74, 6) is 0.725. The Morgan fingerprint density at radius 3 is 2.53 bits per heavy atom. The van der Waals surface area contributed by atoms with Gasteiger partial charge < -0.3 is 5.11 Å². The molecule has 2 heteroatoms. The van der Waals surface area contributed by atoms with E-state index in [9.17, 15) is 9.90 Å². The third-order valence-corrected chi connectivity index (χ3v) is 5.13. The minimum atomic E-state index is -0.500. The van der Waals surface area contributed by atoms with Gasteiger partial charge in [0.1, 0.15) is 0 Å². The molecular formula is C15H26O2. The Kier molecular flexibility index (Phi) is 4.11. The van der Waals surface area contributed by atoms with Gasteiger partial charge in [-0.25, -0.2) is 0 Å². The van der Waals surface area contributed by atoms with Crippen LogP contribution in [-0.2, 0) is 4.79 Å². The van der Waals surface area contributed by atoms with E-state index in [0.717, 1.165) is 25.2 Å². The fourth-order valence-corrected chi connectivity index (χ4v) is 4.16. The maximum Gasteiger partial charge on any atom is 0.309 e. The number of carboxylic acids is 1. The van der Waals surface area contributed by atoms with Crippen molar-refractivity contribution in [3.05, 3.63) is 0 Å². The molecule has 0 radical (unpaired) electrons. The minimum absolute atomic E-state index is 0.324. The molecule has 0 amide bonds. The van der Waals surface area contributed by atoms with E-state index >= 15 is 0 Å². The molecule has 1 N–H and O–H groups in total. The summed E-state index contributed by atoms with van der Waals surface area (Å²) in [6.07, 6.45) is 11.7. The van der Waals surface area contributed by atoms with Crippen LogP contribution in [0.5, 0.6) is 0 Å². The van der Waals surface area contributed by atoms with Crippen LogP contribution < -0.4 is 0 Å². The highest BCUT2D eigenvalue weighted by Crippen LogP contribution is 2.58. The first kappa shape index (κ1) is 12.9. The Morgan fingerprint density at radius 2 is 2.00 bits per heavy atom. The SMILES string of the molecule is CCCCCCCC1(C(=O)O)CC2CCC1C2. The average Bonchev–Trinajstić information content (AvgIpc) is 2.89. The third-order valence-electron chi connectivity index (χ3n) is 5.13. The van der Waals surface area contributed by atoms with Crippen molar-refractivity contribution in [3.8, 4) is 0 Å². The van der Waals surface area contributed by atoms with Gasteiger partial charge in [0.25, 0.3) is 0 Å². The van der Waals surface area contributed by atoms with E-state index in [-0.39, 0.29) is 5.41 Å². The highest BCUT2D eigenvalue weighted by atomic mass is 16.4. The predicted octanol–water partition coefficient (Wildman–Crippen LogP) is 4.24. The Labute approximate surface area is 105 Å². The molecule has 0 aromatic carbocycles. The first-order chi connectivity index (χ1) is 8.19. The molecule has 2 saturated carbocycles. The summed E-state index contributed by atoms with van der Waals surface area (Å²) in [5.41, 5.74) is -0.324. The first-order valence-electron chi connectivity index (χ1n) is 7.42. The standard InChI is InChI=1S/C15H26O2/c1-2-3-4-5-6-9-15(14(16)17)11-12-7-8-13(15)10-12/h12-13H,2-11H2,1H3,(H,16,17). The van der Waals surface area contributed by atoms with Gasteiger partial charge in [-0.1, -0.05) is 45.4 Å². The predicted molar refractivity (Wildman–Crippen MR) is 68.9 cm³/mol. The van der Waals surface area contributed by atoms with Crippen LogP contribution in [-0.4, -0.2) is 11.1 Å². The summed E-state index contributed by atoms with van der Waals surface area (Å²) in [6, 6.07) is 0. The van der Waals surface area contributed by atoms with E-state index in [2.05, 4.69) is 6.92 Å². The van der Waals surface area contributed by atoms with Crippen LogP contribution in [0.3, 0.4) is 0 Å². The van der Waals surface area contributed by atoms with Crippen LogP contribution in [0.4, 0.5) is 0 Å². The van der Waals surface area contributed by atoms with Gasteiger partial charge in [-0.3, -0.25) is 4.79 Å². The monoisotopic (exact) mass is 238 g/mol. The first-order valence-corrected chi connectivity index (χ1v) is 7.42. The fourth-order valence-electron chi connectivity index (χ4n) is 4.16. The highest BCUT2D eigenvalue weighted by Gasteiger charge is 2.54. The molecule has 17 heavy (non-hydrogen) atoms. The van der Waals surface area contributed by atoms with Crippen molar-refractivity contribution < 1.29 is 9.90 Å². The molecule has 2 aliphatic rings. The largest absolute Gasteiger partial charge is 0.481 e. The maximum absolute atomic E-state index is 11.6. The molecule has 0 aliphatic heterocycles. The van der Waals surface area contributed by atoms with E-state index in [4.69, 9.17) is 0 Å². The average molecular weight is 238 g/mol. The number of fused-ring (bicyclic) bond motifs is 2. The molecule has 2 aliphatic carbocycles. The van der Waals surface area contributed by atoms with Gasteiger partial charge in [0, 0.05) is 0 Å². The van der Waals surface area contributed by atoms with Crippen LogP contribution in [0.25, 0.3) is 0 Å². The topological polar surface area (TPSA) is 37.3 Å². The number of hydrogen-bond acceptors (Lipinski definition) is 1. The van der Waals surface area contributed by atoms with Crippen molar-refractivity contribution in [2.75, 3.05) is 0 Å². The molecular weight excluding hydrogens is 212 g/mol. The summed E-state index contributed by atoms with van der Waals surface area (Å²) in [6.45, 7) is 2.22. The van der Waals surface area contributed by atoms with Crippen molar-refractivity contribution >= 4 is 5.97 Å². The van der Waals surface area contributed by atoms with E-state index in [1.807, 2.05) is 0 Å². The number of rotatable bonds is 7. The molecule has 2 rings (SSSR count). The van der Waals surface area contributed by atoms with Crippen molar-refractivity contribution in [3.63, 3.8) is 0 Å². The summed E-state index contributed by atoms with van der Waals surface area (Å²) in [5, 5.41) is 9.59. The van der Waals surface area contributed by atoms with Crippen LogP contribution in [0, 0.1) is 17.3 Å². The Hall–Kier alpha value is -0.530. The number of carbonyl (C=O) groups is 1. The second-order valence-corrected chi connectivity index (χ2v) is 6.21. The zero-order valence-corrected chi connectivity index (χ0v) is 11.1. The molecule has 2 fully saturated rings. The van der Waals surface area contributed by atoms with Gasteiger partial charge in [0.2, 0.25) is 0 Å². The molecule has 2 nitrogen and oxygen atoms in total. The molecule has 0 heterocycles. The fraction of sp³-hybridized carbons (Fsp3) is 0.933. The maximum atomic E-state index is 11.6. The van der Waals surface area contributed by atoms with E-state index in [1.165, 1.54) is 44.9 Å². The van der Waals surface area contributed by atoms with Gasteiger partial charge in [0.05, 0.1) is 5.41 Å². The van der Waals surface area contributed by atoms with Crippen LogP contribution in [0.15, 0.2) is 0 Å². The van der Waals surface area contributed by atoms with Crippen LogP contribution >= 0.6 is 0 Å². The number of aliphatic carboxylic acids is 1. The lowest BCUT2D eigenvalue weighted by Crippen LogP contribution is -2.36. The second kappa shape index (κ2) is 5.41. The summed E-state index contributed by atoms with van der Waals surface area (Å²) in [7, 11) is 0. The normalized spacial score (nSPS) is 35.4. The zero-order chi connectivity index (χ0) is 12.3. The molecule has 3 atom stereocenters. The quantitative estimate of drug-likeness (QED) is 0.674. The lowest BCUT2D eigenvalue weighted by molar-refractivity contribution is -0.153. The van der Waals surface area contributed by atoms with Crippen molar-refractivity contribution in [1.29, 1.82) is 0 Å². The van der Waals surface area contributed by atoms with E-state index in [0.29, 0.717) is 5.92 Å². The van der Waals surface area contributed by atoms with E-state index in [1.54, 1.807) is 0 Å². The third kappa shape index (κ3) is 2.51. The van der Waals surface area contributed by atoms with Crippen LogP contribution in [0.1, 0.15) is 71.1 Å². The van der Waals surface area contributed by atoms with E-state index < -0.39 is 5.97 Å². The minimum Gasteiger partial charge on any atom is -0.481 e. The van der Waals surface area contributed by atoms with Crippen molar-refractivity contribution in [2.24, 2.45) is 17.3 Å². The Morgan fingerprint density at radius 1 is 1.24 bits per heavy atom. The van der Waals surface area contributed by atoms with Gasteiger partial charge >= 0.3 is 5.97 Å². The summed E-state index contributed by atoms with van der Waals surface area (Å²) >= 11 is 0. The molecule has 98 valence electrons. The Balaban J connectivity index is 1.84. The lowest BCUT2D eigenvalue weighted by Gasteiger charge is -2.33. The Bertz CT molecular complexity index is 274. The molecule has 3 unspecified atom stereocenters. The number of unbranched alkanes of at least 4 members (excludes halogenated alkanes) is 4. The van der Waals surface area contributed by atoms with Crippen molar-refractivity contribution in [2.45, 2.75) is 71.1 Å². The smallest absolute Gasteiger partial charge is 0.309 e. The van der Waals surface area contributed by atoms with Crippen molar-refractivity contribution in [1.82, 2.24) is 0 Å². The molecule has 2 bridgehead atoms. The molecule has 0 aromatic rings. The van der Waals surface area contributed by atoms with Gasteiger partial charge in [-0.05, 0) is 37.5 Å². The molecule has 0 saturated heterocycles. The highest BCUT2D eigenvalue weighted by molar-refractivity contribution is 5.75. The summed E-state index contributed by atoms with van der Waals surface area (Å²) < 4.78 is 0. The zero-order valence-electron chi connectivity index (χ0n) is 11.1. The van der Waals surface area contributed by atoms with Crippen LogP contribution in [0.2, 0.25) is 0 Å². The molecule has 0 spiro atoms. The summed E-state index contributed by atoms with van der Waals surface area (Å²) in [4.78, 5) is 11.6. The van der Waals surface area contributed by atoms with Gasteiger partial charge in [0.15, 0.2) is 0 Å². The second-order valence-electron chi connectivity index (χ2n) is 6.21. The molecule has 0 aromatic heterocycles. The number of hydrogen-bond donors (Lipinski definition) is 1. The van der Waals surface area contributed by atoms with Gasteiger partial charge in [-0.2, -0.15) is 0 Å². The number of carboxylic acid groups (broad SMARTS) is 1. The lowest BCUT2D eigenvalue weighted by atomic mass is 9.70. The van der Waals surface area contributed by atoms with Gasteiger partial charge in [-0.15, -0.1) is 0 Å².